The summed E-state index contributed by atoms with van der Waals surface area (Å²) < 4.78 is 37.4. The van der Waals surface area contributed by atoms with E-state index in [0.29, 0.717) is 12.0 Å². The lowest BCUT2D eigenvalue weighted by Gasteiger charge is -2.28. The van der Waals surface area contributed by atoms with Crippen molar-refractivity contribution in [3.63, 3.8) is 0 Å². The average Bonchev–Trinajstić information content (AvgIpc) is 2.38. The molecule has 0 aromatic heterocycles. The molecule has 1 fully saturated rings. The minimum Gasteiger partial charge on any atom is -0.317 e. The van der Waals surface area contributed by atoms with E-state index >= 15 is 0 Å². The molecular formula is C14H19ClF3N. The van der Waals surface area contributed by atoms with Gasteiger partial charge in [0.25, 0.3) is 0 Å². The van der Waals surface area contributed by atoms with E-state index in [1.54, 1.807) is 12.1 Å². The molecule has 2 rings (SSSR count). The van der Waals surface area contributed by atoms with Crippen LogP contribution < -0.4 is 5.32 Å². The Morgan fingerprint density at radius 1 is 1.00 bits per heavy atom. The van der Waals surface area contributed by atoms with Crippen LogP contribution in [0, 0.1) is 0 Å². The van der Waals surface area contributed by atoms with Crippen LogP contribution in [0.1, 0.15) is 42.7 Å². The van der Waals surface area contributed by atoms with E-state index in [0.717, 1.165) is 31.2 Å². The molecule has 0 saturated heterocycles. The van der Waals surface area contributed by atoms with Crippen molar-refractivity contribution < 1.29 is 13.2 Å². The second kappa shape index (κ2) is 6.62. The van der Waals surface area contributed by atoms with E-state index in [1.165, 1.54) is 12.1 Å². The molecule has 1 saturated carbocycles. The normalized spacial score (nSPS) is 23.8. The van der Waals surface area contributed by atoms with Gasteiger partial charge >= 0.3 is 6.18 Å². The van der Waals surface area contributed by atoms with Gasteiger partial charge in [-0.2, -0.15) is 13.2 Å². The third-order valence-electron chi connectivity index (χ3n) is 3.84. The maximum atomic E-state index is 12.5. The standard InChI is InChI=1S/C14H18F3N.ClH/c1-18-13-8-4-11(5-9-13)10-2-6-12(7-3-10)14(15,16)17;/h2-3,6-7,11,13,18H,4-5,8-9H2,1H3;1H. The lowest BCUT2D eigenvalue weighted by atomic mass is 9.81. The van der Waals surface area contributed by atoms with Crippen LogP contribution >= 0.6 is 12.4 Å². The molecule has 1 aliphatic rings. The Kier molecular flexibility index (Phi) is 5.68. The van der Waals surface area contributed by atoms with Gasteiger partial charge in [-0.1, -0.05) is 12.1 Å². The molecular weight excluding hydrogens is 275 g/mol. The number of rotatable bonds is 2. The summed E-state index contributed by atoms with van der Waals surface area (Å²) in [6.07, 6.45) is 0.0699. The molecule has 0 amide bonds. The molecule has 5 heteroatoms. The molecule has 0 radical (unpaired) electrons. The van der Waals surface area contributed by atoms with Gasteiger partial charge in [0, 0.05) is 6.04 Å². The van der Waals surface area contributed by atoms with Crippen molar-refractivity contribution in [1.29, 1.82) is 0 Å². The summed E-state index contributed by atoms with van der Waals surface area (Å²) in [7, 11) is 1.96. The Bertz CT molecular complexity index is 381. The molecule has 1 aliphatic carbocycles. The van der Waals surface area contributed by atoms with Gasteiger partial charge in [0.1, 0.15) is 0 Å². The zero-order chi connectivity index (χ0) is 13.2. The number of hydrogen-bond donors (Lipinski definition) is 1. The first-order valence-electron chi connectivity index (χ1n) is 6.35. The van der Waals surface area contributed by atoms with Gasteiger partial charge < -0.3 is 5.32 Å². The molecule has 0 atom stereocenters. The van der Waals surface area contributed by atoms with Gasteiger partial charge in [0.15, 0.2) is 0 Å². The van der Waals surface area contributed by atoms with Gasteiger partial charge in [-0.15, -0.1) is 12.4 Å². The molecule has 0 bridgehead atoms. The van der Waals surface area contributed by atoms with Crippen molar-refractivity contribution in [3.8, 4) is 0 Å². The number of benzene rings is 1. The fraction of sp³-hybridized carbons (Fsp3) is 0.571. The van der Waals surface area contributed by atoms with Crippen LogP contribution in [0.3, 0.4) is 0 Å². The Balaban J connectivity index is 0.00000180. The second-order valence-electron chi connectivity index (χ2n) is 4.96. The summed E-state index contributed by atoms with van der Waals surface area (Å²) in [4.78, 5) is 0. The van der Waals surface area contributed by atoms with Gasteiger partial charge in [0.05, 0.1) is 5.56 Å². The van der Waals surface area contributed by atoms with Crippen molar-refractivity contribution in [2.75, 3.05) is 7.05 Å². The van der Waals surface area contributed by atoms with Crippen LogP contribution in [0.2, 0.25) is 0 Å². The molecule has 0 heterocycles. The molecule has 108 valence electrons. The first-order valence-corrected chi connectivity index (χ1v) is 6.35. The van der Waals surface area contributed by atoms with E-state index in [1.807, 2.05) is 7.05 Å². The highest BCUT2D eigenvalue weighted by Crippen LogP contribution is 2.35. The highest BCUT2D eigenvalue weighted by molar-refractivity contribution is 5.85. The summed E-state index contributed by atoms with van der Waals surface area (Å²) in [6, 6.07) is 6.22. The van der Waals surface area contributed by atoms with Crippen molar-refractivity contribution in [2.24, 2.45) is 0 Å². The molecule has 1 aromatic rings. The summed E-state index contributed by atoms with van der Waals surface area (Å²) >= 11 is 0. The number of nitrogens with one attached hydrogen (secondary N) is 1. The van der Waals surface area contributed by atoms with Crippen LogP contribution in [-0.4, -0.2) is 13.1 Å². The molecule has 1 aromatic carbocycles. The highest BCUT2D eigenvalue weighted by atomic mass is 35.5. The van der Waals surface area contributed by atoms with E-state index in [9.17, 15) is 13.2 Å². The van der Waals surface area contributed by atoms with Gasteiger partial charge in [0.2, 0.25) is 0 Å². The third-order valence-corrected chi connectivity index (χ3v) is 3.84. The molecule has 0 spiro atoms. The maximum Gasteiger partial charge on any atom is 0.416 e. The molecule has 19 heavy (non-hydrogen) atoms. The topological polar surface area (TPSA) is 12.0 Å². The third kappa shape index (κ3) is 4.11. The van der Waals surface area contributed by atoms with E-state index in [2.05, 4.69) is 5.32 Å². The molecule has 1 N–H and O–H groups in total. The largest absolute Gasteiger partial charge is 0.416 e. The lowest BCUT2D eigenvalue weighted by Crippen LogP contribution is -2.29. The van der Waals surface area contributed by atoms with E-state index < -0.39 is 11.7 Å². The monoisotopic (exact) mass is 293 g/mol. The number of alkyl halides is 3. The minimum absolute atomic E-state index is 0. The van der Waals surface area contributed by atoms with Crippen LogP contribution in [-0.2, 0) is 6.18 Å². The summed E-state index contributed by atoms with van der Waals surface area (Å²) in [6.45, 7) is 0. The van der Waals surface area contributed by atoms with Crippen LogP contribution in [0.4, 0.5) is 13.2 Å². The van der Waals surface area contributed by atoms with Gasteiger partial charge in [-0.3, -0.25) is 0 Å². The Morgan fingerprint density at radius 3 is 1.95 bits per heavy atom. The fourth-order valence-corrected chi connectivity index (χ4v) is 2.66. The van der Waals surface area contributed by atoms with Crippen LogP contribution in [0.5, 0.6) is 0 Å². The highest BCUT2D eigenvalue weighted by Gasteiger charge is 2.30. The van der Waals surface area contributed by atoms with Crippen molar-refractivity contribution in [2.45, 2.75) is 43.8 Å². The van der Waals surface area contributed by atoms with Crippen molar-refractivity contribution in [1.82, 2.24) is 5.32 Å². The summed E-state index contributed by atoms with van der Waals surface area (Å²) in [5.41, 5.74) is 0.479. The van der Waals surface area contributed by atoms with Gasteiger partial charge in [-0.25, -0.2) is 0 Å². The Hall–Kier alpha value is -0.740. The zero-order valence-electron chi connectivity index (χ0n) is 10.8. The zero-order valence-corrected chi connectivity index (χ0v) is 11.7. The minimum atomic E-state index is -4.23. The molecule has 0 unspecified atom stereocenters. The summed E-state index contributed by atoms with van der Waals surface area (Å²) in [5, 5.41) is 3.26. The predicted octanol–water partition coefficient (Wildman–Crippen LogP) is 4.37. The SMILES string of the molecule is CNC1CCC(c2ccc(C(F)(F)F)cc2)CC1.Cl. The smallest absolute Gasteiger partial charge is 0.317 e. The first-order chi connectivity index (χ1) is 8.50. The van der Waals surface area contributed by atoms with E-state index in [-0.39, 0.29) is 12.4 Å². The van der Waals surface area contributed by atoms with Crippen molar-refractivity contribution >= 4 is 12.4 Å². The second-order valence-corrected chi connectivity index (χ2v) is 4.96. The maximum absolute atomic E-state index is 12.5. The Labute approximate surface area is 118 Å². The van der Waals surface area contributed by atoms with Crippen LogP contribution in [0.15, 0.2) is 24.3 Å². The molecule has 1 nitrogen and oxygen atoms in total. The Morgan fingerprint density at radius 2 is 1.53 bits per heavy atom. The number of halogens is 4. The first kappa shape index (κ1) is 16.3. The molecule has 0 aliphatic heterocycles. The van der Waals surface area contributed by atoms with Gasteiger partial charge in [-0.05, 0) is 56.3 Å². The lowest BCUT2D eigenvalue weighted by molar-refractivity contribution is -0.137. The summed E-state index contributed by atoms with van der Waals surface area (Å²) in [5.74, 6) is 0.414. The fourth-order valence-electron chi connectivity index (χ4n) is 2.66. The van der Waals surface area contributed by atoms with E-state index in [4.69, 9.17) is 0 Å². The average molecular weight is 294 g/mol. The predicted molar refractivity (Wildman–Crippen MR) is 72.7 cm³/mol. The van der Waals surface area contributed by atoms with Crippen molar-refractivity contribution in [3.05, 3.63) is 35.4 Å². The quantitative estimate of drug-likeness (QED) is 0.853. The van der Waals surface area contributed by atoms with Crippen LogP contribution in [0.25, 0.3) is 0 Å². The number of hydrogen-bond acceptors (Lipinski definition) is 1.